The molecule has 5 heteroatoms. The first kappa shape index (κ1) is 18.7. The Hall–Kier alpha value is -3.60. The van der Waals surface area contributed by atoms with Crippen molar-refractivity contribution in [2.45, 2.75) is 19.4 Å². The molecule has 0 fully saturated rings. The molecule has 1 aliphatic rings. The highest BCUT2D eigenvalue weighted by Gasteiger charge is 2.22. The molecule has 1 aromatic heterocycles. The van der Waals surface area contributed by atoms with Crippen molar-refractivity contribution in [3.63, 3.8) is 0 Å². The van der Waals surface area contributed by atoms with Crippen molar-refractivity contribution in [1.82, 2.24) is 4.98 Å². The van der Waals surface area contributed by atoms with Crippen LogP contribution in [0.2, 0.25) is 0 Å². The largest absolute Gasteiger partial charge is 0.496 e. The van der Waals surface area contributed by atoms with Crippen molar-refractivity contribution in [1.29, 1.82) is 0 Å². The fourth-order valence-electron chi connectivity index (χ4n) is 3.54. The van der Waals surface area contributed by atoms with Gasteiger partial charge in [0.2, 0.25) is 0 Å². The van der Waals surface area contributed by atoms with Crippen LogP contribution in [-0.4, -0.2) is 17.9 Å². The molecule has 0 spiro atoms. The number of anilines is 2. The molecule has 2 N–H and O–H groups in total. The summed E-state index contributed by atoms with van der Waals surface area (Å²) in [5.74, 6) is 1.60. The number of hydrogen-bond acceptors (Lipinski definition) is 5. The van der Waals surface area contributed by atoms with Crippen LogP contribution in [0.5, 0.6) is 5.75 Å². The second-order valence-corrected chi connectivity index (χ2v) is 7.05. The molecular formula is C24H23N3O2. The van der Waals surface area contributed by atoms with E-state index in [1.165, 1.54) is 0 Å². The van der Waals surface area contributed by atoms with Gasteiger partial charge in [-0.05, 0) is 36.2 Å². The molecule has 0 amide bonds. The third-order valence-corrected chi connectivity index (χ3v) is 5.02. The van der Waals surface area contributed by atoms with Crippen LogP contribution in [0.25, 0.3) is 0 Å². The Balaban J connectivity index is 1.70. The molecule has 3 aromatic rings. The van der Waals surface area contributed by atoms with Gasteiger partial charge < -0.3 is 15.4 Å². The molecule has 146 valence electrons. The molecule has 4 rings (SSSR count). The SMILES string of the molecule is COc1ccc(C2C/C(=C\C(=O)c3ccccc3)Nc3cccnc3N2)cc1C. The predicted octanol–water partition coefficient (Wildman–Crippen LogP) is 5.13. The van der Waals surface area contributed by atoms with E-state index in [-0.39, 0.29) is 11.8 Å². The summed E-state index contributed by atoms with van der Waals surface area (Å²) in [6.45, 7) is 2.03. The third kappa shape index (κ3) is 4.14. The highest BCUT2D eigenvalue weighted by atomic mass is 16.5. The van der Waals surface area contributed by atoms with Gasteiger partial charge in [-0.15, -0.1) is 0 Å². The normalized spacial score (nSPS) is 16.9. The Labute approximate surface area is 170 Å². The number of aryl methyl sites for hydroxylation is 1. The quantitative estimate of drug-likeness (QED) is 0.481. The first-order valence-electron chi connectivity index (χ1n) is 9.57. The van der Waals surface area contributed by atoms with E-state index in [2.05, 4.69) is 21.7 Å². The second kappa shape index (κ2) is 8.19. The van der Waals surface area contributed by atoms with Crippen LogP contribution < -0.4 is 15.4 Å². The maximum absolute atomic E-state index is 12.7. The van der Waals surface area contributed by atoms with Gasteiger partial charge in [0, 0.05) is 30.0 Å². The van der Waals surface area contributed by atoms with Crippen LogP contribution in [0.3, 0.4) is 0 Å². The second-order valence-electron chi connectivity index (χ2n) is 7.05. The third-order valence-electron chi connectivity index (χ3n) is 5.02. The lowest BCUT2D eigenvalue weighted by Gasteiger charge is -2.19. The van der Waals surface area contributed by atoms with Crippen LogP contribution in [-0.2, 0) is 0 Å². The van der Waals surface area contributed by atoms with Gasteiger partial charge in [-0.25, -0.2) is 4.98 Å². The lowest BCUT2D eigenvalue weighted by molar-refractivity contribution is 0.104. The first-order valence-corrected chi connectivity index (χ1v) is 9.57. The minimum atomic E-state index is -0.0296. The molecule has 29 heavy (non-hydrogen) atoms. The average molecular weight is 385 g/mol. The molecule has 0 radical (unpaired) electrons. The van der Waals surface area contributed by atoms with Crippen LogP contribution in [0, 0.1) is 6.92 Å². The van der Waals surface area contributed by atoms with E-state index in [0.29, 0.717) is 12.0 Å². The number of benzene rings is 2. The summed E-state index contributed by atoms with van der Waals surface area (Å²) in [5, 5.41) is 6.90. The van der Waals surface area contributed by atoms with Crippen LogP contribution in [0.15, 0.2) is 78.6 Å². The van der Waals surface area contributed by atoms with Gasteiger partial charge in [0.05, 0.1) is 18.8 Å². The minimum Gasteiger partial charge on any atom is -0.496 e. The fraction of sp³-hybridized carbons (Fsp3) is 0.167. The number of nitrogens with zero attached hydrogens (tertiary/aromatic N) is 1. The lowest BCUT2D eigenvalue weighted by Crippen LogP contribution is -2.12. The highest BCUT2D eigenvalue weighted by Crippen LogP contribution is 2.35. The molecule has 2 aromatic carbocycles. The Bertz CT molecular complexity index is 1060. The van der Waals surface area contributed by atoms with Gasteiger partial charge in [0.15, 0.2) is 5.78 Å². The standard InChI is InChI=1S/C24H23N3O2/c1-16-13-18(10-11-23(16)29-2)21-14-19(15-22(28)17-7-4-3-5-8-17)26-20-9-6-12-25-24(20)27-21/h3-13,15,21,26H,14H2,1-2H3,(H,25,27)/b19-15+. The van der Waals surface area contributed by atoms with E-state index >= 15 is 0 Å². The fourth-order valence-corrected chi connectivity index (χ4v) is 3.54. The molecule has 1 atom stereocenters. The van der Waals surface area contributed by atoms with Crippen molar-refractivity contribution in [2.75, 3.05) is 17.7 Å². The van der Waals surface area contributed by atoms with Gasteiger partial charge in [0.1, 0.15) is 11.6 Å². The summed E-state index contributed by atoms with van der Waals surface area (Å²) in [6.07, 6.45) is 4.07. The number of pyridine rings is 1. The van der Waals surface area contributed by atoms with Gasteiger partial charge in [-0.1, -0.05) is 42.5 Å². The van der Waals surface area contributed by atoms with Gasteiger partial charge in [-0.2, -0.15) is 0 Å². The van der Waals surface area contributed by atoms with Crippen molar-refractivity contribution in [2.24, 2.45) is 0 Å². The van der Waals surface area contributed by atoms with Crippen molar-refractivity contribution in [3.05, 3.63) is 95.3 Å². The Morgan fingerprint density at radius 3 is 2.72 bits per heavy atom. The number of ether oxygens (including phenoxy) is 1. The first-order chi connectivity index (χ1) is 14.1. The highest BCUT2D eigenvalue weighted by molar-refractivity contribution is 6.05. The number of carbonyl (C=O) groups is 1. The minimum absolute atomic E-state index is 0.0231. The van der Waals surface area contributed by atoms with E-state index in [1.807, 2.05) is 61.5 Å². The number of rotatable bonds is 4. The number of allylic oxidation sites excluding steroid dienone is 1. The molecule has 0 aliphatic carbocycles. The number of nitrogens with one attached hydrogen (secondary N) is 2. The molecule has 1 aliphatic heterocycles. The number of carbonyl (C=O) groups excluding carboxylic acids is 1. The van der Waals surface area contributed by atoms with Gasteiger partial charge in [-0.3, -0.25) is 4.79 Å². The lowest BCUT2D eigenvalue weighted by atomic mass is 9.99. The van der Waals surface area contributed by atoms with E-state index in [9.17, 15) is 4.79 Å². The van der Waals surface area contributed by atoms with E-state index in [4.69, 9.17) is 4.74 Å². The van der Waals surface area contributed by atoms with Gasteiger partial charge in [0.25, 0.3) is 0 Å². The number of ketones is 1. The van der Waals surface area contributed by atoms with Crippen molar-refractivity contribution in [3.8, 4) is 5.75 Å². The summed E-state index contributed by atoms with van der Waals surface area (Å²) in [6, 6.07) is 19.2. The molecular weight excluding hydrogens is 362 g/mol. The number of aromatic nitrogens is 1. The number of methoxy groups -OCH3 is 1. The predicted molar refractivity (Wildman–Crippen MR) is 115 cm³/mol. The maximum atomic E-state index is 12.7. The zero-order valence-corrected chi connectivity index (χ0v) is 16.5. The summed E-state index contributed by atoms with van der Waals surface area (Å²) in [5.41, 5.74) is 4.55. The summed E-state index contributed by atoms with van der Waals surface area (Å²) < 4.78 is 5.39. The zero-order chi connectivity index (χ0) is 20.2. The summed E-state index contributed by atoms with van der Waals surface area (Å²) in [7, 11) is 1.67. The molecule has 1 unspecified atom stereocenters. The maximum Gasteiger partial charge on any atom is 0.187 e. The van der Waals surface area contributed by atoms with Crippen LogP contribution in [0.4, 0.5) is 11.5 Å². The monoisotopic (exact) mass is 385 g/mol. The number of fused-ring (bicyclic) bond motifs is 1. The van der Waals surface area contributed by atoms with E-state index in [0.717, 1.165) is 34.1 Å². The molecule has 0 bridgehead atoms. The Morgan fingerprint density at radius 1 is 1.14 bits per heavy atom. The van der Waals surface area contributed by atoms with Gasteiger partial charge >= 0.3 is 0 Å². The van der Waals surface area contributed by atoms with Crippen LogP contribution in [0.1, 0.15) is 33.9 Å². The Morgan fingerprint density at radius 2 is 1.97 bits per heavy atom. The molecule has 2 heterocycles. The Kier molecular flexibility index (Phi) is 5.29. The topological polar surface area (TPSA) is 63.2 Å². The number of hydrogen-bond donors (Lipinski definition) is 2. The molecule has 0 saturated heterocycles. The molecule has 5 nitrogen and oxygen atoms in total. The summed E-state index contributed by atoms with van der Waals surface area (Å²) >= 11 is 0. The smallest absolute Gasteiger partial charge is 0.187 e. The van der Waals surface area contributed by atoms with Crippen LogP contribution >= 0.6 is 0 Å². The van der Waals surface area contributed by atoms with E-state index < -0.39 is 0 Å². The van der Waals surface area contributed by atoms with Crippen molar-refractivity contribution >= 4 is 17.3 Å². The molecule has 0 saturated carbocycles. The van der Waals surface area contributed by atoms with Crippen molar-refractivity contribution < 1.29 is 9.53 Å². The zero-order valence-electron chi connectivity index (χ0n) is 16.5. The average Bonchev–Trinajstić information content (AvgIpc) is 2.93. The summed E-state index contributed by atoms with van der Waals surface area (Å²) in [4.78, 5) is 17.2. The van der Waals surface area contributed by atoms with E-state index in [1.54, 1.807) is 19.4 Å².